The zero-order chi connectivity index (χ0) is 16.9. The first-order valence-electron chi connectivity index (χ1n) is 8.70. The maximum Gasteiger partial charge on any atom is 0.315 e. The van der Waals surface area contributed by atoms with Crippen molar-refractivity contribution in [1.82, 2.24) is 25.4 Å². The molecule has 128 valence electrons. The van der Waals surface area contributed by atoms with Gasteiger partial charge in [-0.3, -0.25) is 0 Å². The predicted octanol–water partition coefficient (Wildman–Crippen LogP) is 2.74. The smallest absolute Gasteiger partial charge is 0.315 e. The first-order chi connectivity index (χ1) is 11.7. The van der Waals surface area contributed by atoms with Gasteiger partial charge in [0.05, 0.1) is 12.6 Å². The number of carbonyl (C=O) groups is 1. The van der Waals surface area contributed by atoms with Gasteiger partial charge in [0.1, 0.15) is 6.33 Å². The minimum absolute atomic E-state index is 0.0266. The average Bonchev–Trinajstić information content (AvgIpc) is 3.07. The molecule has 0 aliphatic heterocycles. The van der Waals surface area contributed by atoms with Gasteiger partial charge in [-0.25, -0.2) is 4.79 Å². The Balaban J connectivity index is 1.56. The first-order valence-corrected chi connectivity index (χ1v) is 8.70. The van der Waals surface area contributed by atoms with Crippen LogP contribution in [0.15, 0.2) is 24.5 Å². The lowest BCUT2D eigenvalue weighted by Crippen LogP contribution is -2.37. The number of aromatic nitrogens is 3. The van der Waals surface area contributed by atoms with E-state index in [0.717, 1.165) is 24.4 Å². The summed E-state index contributed by atoms with van der Waals surface area (Å²) in [6, 6.07) is 6.37. The Kier molecular flexibility index (Phi) is 5.13. The largest absolute Gasteiger partial charge is 0.332 e. The number of nitrogens with one attached hydrogen (secondary N) is 2. The zero-order valence-corrected chi connectivity index (χ0v) is 14.4. The summed E-state index contributed by atoms with van der Waals surface area (Å²) in [5, 5.41) is 13.7. The van der Waals surface area contributed by atoms with Gasteiger partial charge in [-0.05, 0) is 56.2 Å². The molecule has 1 aliphatic rings. The van der Waals surface area contributed by atoms with Crippen molar-refractivity contribution in [2.24, 2.45) is 0 Å². The van der Waals surface area contributed by atoms with Crippen LogP contribution in [0, 0.1) is 0 Å². The second kappa shape index (κ2) is 7.47. The third-order valence-electron chi connectivity index (χ3n) is 4.66. The van der Waals surface area contributed by atoms with Gasteiger partial charge < -0.3 is 15.2 Å². The number of benzene rings is 1. The Labute approximate surface area is 142 Å². The van der Waals surface area contributed by atoms with Crippen molar-refractivity contribution in [3.05, 3.63) is 47.0 Å². The van der Waals surface area contributed by atoms with Gasteiger partial charge >= 0.3 is 6.03 Å². The molecule has 1 heterocycles. The van der Waals surface area contributed by atoms with Crippen LogP contribution in [0.4, 0.5) is 4.79 Å². The van der Waals surface area contributed by atoms with Crippen LogP contribution < -0.4 is 10.6 Å². The fourth-order valence-corrected chi connectivity index (χ4v) is 3.19. The molecule has 0 bridgehead atoms. The van der Waals surface area contributed by atoms with Crippen LogP contribution in [0.3, 0.4) is 0 Å². The van der Waals surface area contributed by atoms with Crippen molar-refractivity contribution in [3.63, 3.8) is 0 Å². The van der Waals surface area contributed by atoms with E-state index in [0.29, 0.717) is 6.54 Å². The van der Waals surface area contributed by atoms with E-state index < -0.39 is 0 Å². The number of hydrogen-bond acceptors (Lipinski definition) is 3. The summed E-state index contributed by atoms with van der Waals surface area (Å²) in [6.45, 7) is 5.19. The van der Waals surface area contributed by atoms with Crippen molar-refractivity contribution < 1.29 is 4.79 Å². The Morgan fingerprint density at radius 3 is 2.88 bits per heavy atom. The third-order valence-corrected chi connectivity index (χ3v) is 4.66. The molecule has 1 aliphatic carbocycles. The average molecular weight is 327 g/mol. The Bertz CT molecular complexity index is 709. The summed E-state index contributed by atoms with van der Waals surface area (Å²) in [5.74, 6) is 0.758. The zero-order valence-electron chi connectivity index (χ0n) is 14.4. The topological polar surface area (TPSA) is 71.8 Å². The van der Waals surface area contributed by atoms with Gasteiger partial charge in [0.25, 0.3) is 0 Å². The summed E-state index contributed by atoms with van der Waals surface area (Å²) in [6.07, 6.45) is 6.54. The van der Waals surface area contributed by atoms with Crippen LogP contribution in [-0.4, -0.2) is 20.8 Å². The molecule has 6 nitrogen and oxygen atoms in total. The standard InChI is InChI=1S/C18H25N5O/c1-3-23-12-20-22-17(23)11-19-18(24)21-13(2)15-9-8-14-6-4-5-7-16(14)10-15/h8-10,12-13H,3-7,11H2,1-2H3,(H2,19,21,24)/t13-/m0/s1. The highest BCUT2D eigenvalue weighted by atomic mass is 16.2. The van der Waals surface area contributed by atoms with Gasteiger partial charge in [-0.1, -0.05) is 18.2 Å². The summed E-state index contributed by atoms with van der Waals surface area (Å²) in [5.41, 5.74) is 4.05. The van der Waals surface area contributed by atoms with Crippen LogP contribution in [0.1, 0.15) is 55.2 Å². The van der Waals surface area contributed by atoms with E-state index in [9.17, 15) is 4.79 Å². The van der Waals surface area contributed by atoms with Crippen LogP contribution >= 0.6 is 0 Å². The highest BCUT2D eigenvalue weighted by molar-refractivity contribution is 5.74. The van der Waals surface area contributed by atoms with E-state index in [2.05, 4.69) is 39.0 Å². The number of nitrogens with zero attached hydrogens (tertiary/aromatic N) is 3. The van der Waals surface area contributed by atoms with Gasteiger partial charge in [-0.15, -0.1) is 10.2 Å². The van der Waals surface area contributed by atoms with Gasteiger partial charge in [0, 0.05) is 6.54 Å². The molecule has 3 rings (SSSR count). The van der Waals surface area contributed by atoms with E-state index in [1.807, 2.05) is 18.4 Å². The highest BCUT2D eigenvalue weighted by Crippen LogP contribution is 2.24. The molecular formula is C18H25N5O. The van der Waals surface area contributed by atoms with Gasteiger partial charge in [-0.2, -0.15) is 0 Å². The van der Waals surface area contributed by atoms with Gasteiger partial charge in [0.2, 0.25) is 0 Å². The third kappa shape index (κ3) is 3.75. The number of urea groups is 1. The van der Waals surface area contributed by atoms with Crippen molar-refractivity contribution in [2.75, 3.05) is 0 Å². The predicted molar refractivity (Wildman–Crippen MR) is 92.6 cm³/mol. The summed E-state index contributed by atoms with van der Waals surface area (Å²) < 4.78 is 1.91. The summed E-state index contributed by atoms with van der Waals surface area (Å²) in [7, 11) is 0. The van der Waals surface area contributed by atoms with Crippen LogP contribution in [0.25, 0.3) is 0 Å². The molecule has 2 amide bonds. The molecule has 0 spiro atoms. The van der Waals surface area contributed by atoms with Crippen molar-refractivity contribution >= 4 is 6.03 Å². The Morgan fingerprint density at radius 1 is 1.29 bits per heavy atom. The fourth-order valence-electron chi connectivity index (χ4n) is 3.19. The van der Waals surface area contributed by atoms with E-state index in [1.54, 1.807) is 6.33 Å². The normalized spacial score (nSPS) is 14.8. The molecule has 1 aromatic carbocycles. The molecule has 2 aromatic rings. The molecular weight excluding hydrogens is 302 g/mol. The monoisotopic (exact) mass is 327 g/mol. The van der Waals surface area contributed by atoms with E-state index in [1.165, 1.54) is 30.4 Å². The van der Waals surface area contributed by atoms with Crippen LogP contribution in [0.2, 0.25) is 0 Å². The first kappa shape index (κ1) is 16.5. The molecule has 0 fully saturated rings. The fraction of sp³-hybridized carbons (Fsp3) is 0.500. The molecule has 6 heteroatoms. The number of carbonyl (C=O) groups excluding carboxylic acids is 1. The maximum atomic E-state index is 12.1. The second-order valence-corrected chi connectivity index (χ2v) is 6.32. The lowest BCUT2D eigenvalue weighted by molar-refractivity contribution is 0.237. The molecule has 1 atom stereocenters. The summed E-state index contributed by atoms with van der Waals surface area (Å²) >= 11 is 0. The SMILES string of the molecule is CCn1cnnc1CNC(=O)N[C@@H](C)c1ccc2c(c1)CCCC2. The lowest BCUT2D eigenvalue weighted by atomic mass is 9.89. The van der Waals surface area contributed by atoms with Crippen LogP contribution in [0.5, 0.6) is 0 Å². The number of aryl methyl sites for hydroxylation is 3. The molecule has 24 heavy (non-hydrogen) atoms. The molecule has 1 aromatic heterocycles. The second-order valence-electron chi connectivity index (χ2n) is 6.32. The minimum Gasteiger partial charge on any atom is -0.332 e. The highest BCUT2D eigenvalue weighted by Gasteiger charge is 2.14. The molecule has 0 radical (unpaired) electrons. The van der Waals surface area contributed by atoms with Crippen LogP contribution in [-0.2, 0) is 25.9 Å². The van der Waals surface area contributed by atoms with E-state index in [-0.39, 0.29) is 12.1 Å². The lowest BCUT2D eigenvalue weighted by Gasteiger charge is -2.20. The molecule has 0 unspecified atom stereocenters. The van der Waals surface area contributed by atoms with Gasteiger partial charge in [0.15, 0.2) is 5.82 Å². The quantitative estimate of drug-likeness (QED) is 0.887. The Morgan fingerprint density at radius 2 is 2.08 bits per heavy atom. The van der Waals surface area contributed by atoms with Crippen molar-refractivity contribution in [1.29, 1.82) is 0 Å². The summed E-state index contributed by atoms with van der Waals surface area (Å²) in [4.78, 5) is 12.1. The van der Waals surface area contributed by atoms with E-state index >= 15 is 0 Å². The molecule has 2 N–H and O–H groups in total. The maximum absolute atomic E-state index is 12.1. The number of hydrogen-bond donors (Lipinski definition) is 2. The molecule has 0 saturated carbocycles. The number of rotatable bonds is 5. The molecule has 0 saturated heterocycles. The number of amides is 2. The van der Waals surface area contributed by atoms with Crippen molar-refractivity contribution in [2.45, 2.75) is 58.7 Å². The van der Waals surface area contributed by atoms with E-state index in [4.69, 9.17) is 0 Å². The van der Waals surface area contributed by atoms with Crippen molar-refractivity contribution in [3.8, 4) is 0 Å². The minimum atomic E-state index is -0.189. The number of fused-ring (bicyclic) bond motifs is 1. The Hall–Kier alpha value is -2.37.